The SMILES string of the molecule is CCCCCN(C)c1ccc(N=Nc2ccc([N+](=O)[O-])cc2)cc1. The highest BCUT2D eigenvalue weighted by molar-refractivity contribution is 5.52. The number of nitro benzene ring substituents is 1. The van der Waals surface area contributed by atoms with Crippen LogP contribution in [0.15, 0.2) is 58.8 Å². The van der Waals surface area contributed by atoms with E-state index in [1.807, 2.05) is 24.3 Å². The Bertz CT molecular complexity index is 681. The van der Waals surface area contributed by atoms with Crippen LogP contribution in [0.5, 0.6) is 0 Å². The predicted octanol–water partition coefficient (Wildman–Crippen LogP) is 5.64. The van der Waals surface area contributed by atoms with E-state index in [-0.39, 0.29) is 5.69 Å². The molecule has 0 amide bonds. The van der Waals surface area contributed by atoms with E-state index in [0.29, 0.717) is 5.69 Å². The van der Waals surface area contributed by atoms with Gasteiger partial charge in [0.1, 0.15) is 0 Å². The van der Waals surface area contributed by atoms with E-state index < -0.39 is 4.92 Å². The van der Waals surface area contributed by atoms with Crippen molar-refractivity contribution in [3.8, 4) is 0 Å². The Labute approximate surface area is 142 Å². The van der Waals surface area contributed by atoms with Crippen molar-refractivity contribution in [3.05, 3.63) is 58.6 Å². The molecule has 0 radical (unpaired) electrons. The number of rotatable bonds is 8. The molecule has 0 unspecified atom stereocenters. The van der Waals surface area contributed by atoms with Crippen molar-refractivity contribution in [2.75, 3.05) is 18.5 Å². The molecule has 0 saturated heterocycles. The first kappa shape index (κ1) is 17.6. The first-order valence-electron chi connectivity index (χ1n) is 8.07. The van der Waals surface area contributed by atoms with Crippen LogP contribution < -0.4 is 4.90 Å². The van der Waals surface area contributed by atoms with E-state index in [2.05, 4.69) is 29.1 Å². The Kier molecular flexibility index (Phi) is 6.42. The van der Waals surface area contributed by atoms with Crippen LogP contribution in [-0.2, 0) is 0 Å². The summed E-state index contributed by atoms with van der Waals surface area (Å²) in [5.41, 5.74) is 2.53. The molecule has 2 aromatic rings. The zero-order valence-electron chi connectivity index (χ0n) is 14.1. The lowest BCUT2D eigenvalue weighted by molar-refractivity contribution is -0.384. The maximum absolute atomic E-state index is 10.6. The number of hydrogen-bond donors (Lipinski definition) is 0. The second-order valence-electron chi connectivity index (χ2n) is 5.62. The Morgan fingerprint density at radius 2 is 1.50 bits per heavy atom. The van der Waals surface area contributed by atoms with Crippen molar-refractivity contribution in [3.63, 3.8) is 0 Å². The Balaban J connectivity index is 1.96. The summed E-state index contributed by atoms with van der Waals surface area (Å²) < 4.78 is 0. The molecule has 0 N–H and O–H groups in total. The highest BCUT2D eigenvalue weighted by atomic mass is 16.6. The largest absolute Gasteiger partial charge is 0.375 e. The molecule has 126 valence electrons. The van der Waals surface area contributed by atoms with Gasteiger partial charge in [0.15, 0.2) is 0 Å². The third-order valence-electron chi connectivity index (χ3n) is 3.73. The van der Waals surface area contributed by atoms with E-state index >= 15 is 0 Å². The summed E-state index contributed by atoms with van der Waals surface area (Å²) in [7, 11) is 2.09. The third-order valence-corrected chi connectivity index (χ3v) is 3.73. The Morgan fingerprint density at radius 1 is 0.958 bits per heavy atom. The zero-order chi connectivity index (χ0) is 17.4. The number of hydrogen-bond acceptors (Lipinski definition) is 5. The molecule has 0 aliphatic heterocycles. The summed E-state index contributed by atoms with van der Waals surface area (Å²) >= 11 is 0. The molecule has 0 aliphatic rings. The van der Waals surface area contributed by atoms with Gasteiger partial charge in [-0.25, -0.2) is 0 Å². The van der Waals surface area contributed by atoms with Gasteiger partial charge >= 0.3 is 0 Å². The summed E-state index contributed by atoms with van der Waals surface area (Å²) in [6, 6.07) is 13.9. The lowest BCUT2D eigenvalue weighted by Gasteiger charge is -2.19. The van der Waals surface area contributed by atoms with E-state index in [9.17, 15) is 10.1 Å². The average Bonchev–Trinajstić information content (AvgIpc) is 2.61. The molecule has 0 aromatic heterocycles. The number of nitro groups is 1. The lowest BCUT2D eigenvalue weighted by Crippen LogP contribution is -2.18. The smallest absolute Gasteiger partial charge is 0.269 e. The van der Waals surface area contributed by atoms with Crippen LogP contribution in [0.1, 0.15) is 26.2 Å². The summed E-state index contributed by atoms with van der Waals surface area (Å²) in [4.78, 5) is 12.4. The van der Waals surface area contributed by atoms with Gasteiger partial charge in [-0.15, -0.1) is 0 Å². The van der Waals surface area contributed by atoms with Crippen LogP contribution in [0.3, 0.4) is 0 Å². The molecule has 0 aliphatic carbocycles. The average molecular weight is 326 g/mol. The predicted molar refractivity (Wildman–Crippen MR) is 96.5 cm³/mol. The van der Waals surface area contributed by atoms with Crippen molar-refractivity contribution in [1.29, 1.82) is 0 Å². The van der Waals surface area contributed by atoms with Gasteiger partial charge in [0.05, 0.1) is 16.3 Å². The van der Waals surface area contributed by atoms with Gasteiger partial charge in [-0.05, 0) is 42.8 Å². The molecule has 0 saturated carbocycles. The fraction of sp³-hybridized carbons (Fsp3) is 0.333. The van der Waals surface area contributed by atoms with Crippen LogP contribution in [0.25, 0.3) is 0 Å². The van der Waals surface area contributed by atoms with Crippen molar-refractivity contribution in [1.82, 2.24) is 0 Å². The highest BCUT2D eigenvalue weighted by Crippen LogP contribution is 2.23. The quantitative estimate of drug-likeness (QED) is 0.273. The van der Waals surface area contributed by atoms with Gasteiger partial charge in [-0.2, -0.15) is 10.2 Å². The van der Waals surface area contributed by atoms with Crippen molar-refractivity contribution in [2.45, 2.75) is 26.2 Å². The van der Waals surface area contributed by atoms with Crippen LogP contribution in [0.4, 0.5) is 22.7 Å². The fourth-order valence-electron chi connectivity index (χ4n) is 2.26. The number of anilines is 1. The summed E-state index contributed by atoms with van der Waals surface area (Å²) in [5, 5.41) is 18.9. The van der Waals surface area contributed by atoms with Crippen LogP contribution in [0, 0.1) is 10.1 Å². The maximum Gasteiger partial charge on any atom is 0.269 e. The normalized spacial score (nSPS) is 10.9. The monoisotopic (exact) mass is 326 g/mol. The molecule has 2 rings (SSSR count). The maximum atomic E-state index is 10.6. The standard InChI is InChI=1S/C18H22N4O2/c1-3-4-5-14-21(2)17-10-6-15(7-11-17)19-20-16-8-12-18(13-9-16)22(23)24/h6-13H,3-5,14H2,1-2H3. The highest BCUT2D eigenvalue weighted by Gasteiger charge is 2.03. The minimum absolute atomic E-state index is 0.0458. The number of nitrogens with zero attached hydrogens (tertiary/aromatic N) is 4. The summed E-state index contributed by atoms with van der Waals surface area (Å²) in [6.45, 7) is 3.24. The molecule has 0 atom stereocenters. The molecule has 0 spiro atoms. The van der Waals surface area contributed by atoms with Gasteiger partial charge in [-0.3, -0.25) is 10.1 Å². The zero-order valence-corrected chi connectivity index (χ0v) is 14.1. The van der Waals surface area contributed by atoms with E-state index in [1.165, 1.54) is 31.4 Å². The third kappa shape index (κ3) is 5.15. The number of benzene rings is 2. The van der Waals surface area contributed by atoms with Gasteiger partial charge < -0.3 is 4.90 Å². The Morgan fingerprint density at radius 3 is 2.00 bits per heavy atom. The molecular formula is C18H22N4O2. The summed E-state index contributed by atoms with van der Waals surface area (Å²) in [5.74, 6) is 0. The molecule has 0 heterocycles. The molecular weight excluding hydrogens is 304 g/mol. The number of non-ortho nitro benzene ring substituents is 1. The van der Waals surface area contributed by atoms with Crippen molar-refractivity contribution < 1.29 is 4.92 Å². The van der Waals surface area contributed by atoms with E-state index in [0.717, 1.165) is 17.9 Å². The second kappa shape index (κ2) is 8.76. The van der Waals surface area contributed by atoms with Crippen LogP contribution in [0.2, 0.25) is 0 Å². The van der Waals surface area contributed by atoms with Gasteiger partial charge in [-0.1, -0.05) is 19.8 Å². The summed E-state index contributed by atoms with van der Waals surface area (Å²) in [6.07, 6.45) is 3.65. The lowest BCUT2D eigenvalue weighted by atomic mass is 10.2. The number of unbranched alkanes of at least 4 members (excludes halogenated alkanes) is 2. The first-order chi connectivity index (χ1) is 11.6. The van der Waals surface area contributed by atoms with Gasteiger partial charge in [0.2, 0.25) is 0 Å². The van der Waals surface area contributed by atoms with E-state index in [4.69, 9.17) is 0 Å². The van der Waals surface area contributed by atoms with Crippen molar-refractivity contribution >= 4 is 22.7 Å². The molecule has 0 bridgehead atoms. The molecule has 24 heavy (non-hydrogen) atoms. The van der Waals surface area contributed by atoms with E-state index in [1.54, 1.807) is 12.1 Å². The second-order valence-corrected chi connectivity index (χ2v) is 5.62. The minimum Gasteiger partial charge on any atom is -0.375 e. The first-order valence-corrected chi connectivity index (χ1v) is 8.07. The van der Waals surface area contributed by atoms with Gasteiger partial charge in [0.25, 0.3) is 5.69 Å². The van der Waals surface area contributed by atoms with Crippen LogP contribution in [-0.4, -0.2) is 18.5 Å². The topological polar surface area (TPSA) is 71.1 Å². The fourth-order valence-corrected chi connectivity index (χ4v) is 2.26. The molecule has 0 fully saturated rings. The Hall–Kier alpha value is -2.76. The molecule has 6 nitrogen and oxygen atoms in total. The van der Waals surface area contributed by atoms with Crippen molar-refractivity contribution in [2.24, 2.45) is 10.2 Å². The minimum atomic E-state index is -0.434. The molecule has 6 heteroatoms. The van der Waals surface area contributed by atoms with Gasteiger partial charge in [0, 0.05) is 31.4 Å². The van der Waals surface area contributed by atoms with Crippen LogP contribution >= 0.6 is 0 Å². The molecule has 2 aromatic carbocycles. The number of azo groups is 1.